The molecule has 0 aromatic heterocycles. The molecule has 1 aromatic rings. The van der Waals surface area contributed by atoms with Gasteiger partial charge in [-0.1, -0.05) is 15.9 Å². The maximum absolute atomic E-state index is 13.5. The Hall–Kier alpha value is -0.990. The van der Waals surface area contributed by atoms with Crippen molar-refractivity contribution >= 4 is 33.3 Å². The number of amides is 1. The molecule has 2 unspecified atom stereocenters. The van der Waals surface area contributed by atoms with E-state index in [9.17, 15) is 13.4 Å². The highest BCUT2D eigenvalue weighted by molar-refractivity contribution is 9.10. The number of ether oxygens (including phenoxy) is 1. The Labute approximate surface area is 133 Å². The van der Waals surface area contributed by atoms with Crippen LogP contribution < -0.4 is 0 Å². The molecule has 2 rings (SSSR count). The van der Waals surface area contributed by atoms with Crippen molar-refractivity contribution in [2.75, 3.05) is 6.61 Å². The van der Waals surface area contributed by atoms with Crippen molar-refractivity contribution in [1.82, 2.24) is 4.31 Å². The maximum atomic E-state index is 13.5. The fourth-order valence-electron chi connectivity index (χ4n) is 1.85. The average molecular weight is 380 g/mol. The molecule has 0 spiro atoms. The number of hydrogen-bond donors (Lipinski definition) is 0. The molecular weight excluding hydrogens is 365 g/mol. The van der Waals surface area contributed by atoms with Crippen molar-refractivity contribution in [2.24, 2.45) is 0 Å². The second kappa shape index (κ2) is 6.02. The Balaban J connectivity index is 2.30. The predicted octanol–water partition coefficient (Wildman–Crippen LogP) is 3.48. The Kier molecular flexibility index (Phi) is 4.69. The minimum Gasteiger partial charge on any atom is -0.443 e. The Morgan fingerprint density at radius 2 is 2.14 bits per heavy atom. The van der Waals surface area contributed by atoms with Crippen LogP contribution in [0.5, 0.6) is 0 Å². The lowest BCUT2D eigenvalue weighted by Crippen LogP contribution is -2.37. The molecule has 1 aliphatic rings. The van der Waals surface area contributed by atoms with Crippen molar-refractivity contribution in [3.8, 4) is 0 Å². The van der Waals surface area contributed by atoms with Gasteiger partial charge in [0.2, 0.25) is 0 Å². The first-order valence-corrected chi connectivity index (χ1v) is 8.03. The minimum atomic E-state index is -1.95. The zero-order valence-electron chi connectivity index (χ0n) is 11.8. The normalized spacial score (nSPS) is 22.4. The average Bonchev–Trinajstić information content (AvgIpc) is 2.67. The van der Waals surface area contributed by atoms with Gasteiger partial charge in [0.15, 0.2) is 0 Å². The lowest BCUT2D eigenvalue weighted by atomic mass is 10.1. The summed E-state index contributed by atoms with van der Waals surface area (Å²) in [6.07, 6.45) is -0.760. The number of carbonyl (C=O) groups is 1. The van der Waals surface area contributed by atoms with E-state index in [4.69, 9.17) is 8.92 Å². The van der Waals surface area contributed by atoms with Crippen molar-refractivity contribution in [2.45, 2.75) is 32.4 Å². The van der Waals surface area contributed by atoms with E-state index in [2.05, 4.69) is 15.9 Å². The number of nitrogens with zero attached hydrogens (tertiary/aromatic N) is 1. The monoisotopic (exact) mass is 379 g/mol. The van der Waals surface area contributed by atoms with Gasteiger partial charge < -0.3 is 4.74 Å². The molecule has 0 N–H and O–H groups in total. The molecule has 1 amide bonds. The fourth-order valence-corrected chi connectivity index (χ4v) is 3.24. The number of benzene rings is 1. The Bertz CT molecular complexity index is 570. The summed E-state index contributed by atoms with van der Waals surface area (Å²) in [7, 11) is 0. The van der Waals surface area contributed by atoms with Crippen LogP contribution in [-0.2, 0) is 20.2 Å². The van der Waals surface area contributed by atoms with Gasteiger partial charge in [0.05, 0.1) is 6.61 Å². The molecule has 0 bridgehead atoms. The first kappa shape index (κ1) is 16.4. The van der Waals surface area contributed by atoms with E-state index in [-0.39, 0.29) is 6.61 Å². The van der Waals surface area contributed by atoms with E-state index >= 15 is 0 Å². The summed E-state index contributed by atoms with van der Waals surface area (Å²) in [5, 5.41) is 0. The summed E-state index contributed by atoms with van der Waals surface area (Å²) in [6, 6.07) is 3.57. The molecule has 0 aliphatic carbocycles. The molecule has 8 heteroatoms. The molecule has 1 aromatic carbocycles. The van der Waals surface area contributed by atoms with Gasteiger partial charge in [0.1, 0.15) is 17.5 Å². The maximum Gasteiger partial charge on any atom is 0.424 e. The van der Waals surface area contributed by atoms with Crippen LogP contribution in [0.4, 0.5) is 9.18 Å². The van der Waals surface area contributed by atoms with E-state index in [1.165, 1.54) is 12.1 Å². The minimum absolute atomic E-state index is 0.0156. The van der Waals surface area contributed by atoms with Crippen LogP contribution in [0.15, 0.2) is 22.7 Å². The van der Waals surface area contributed by atoms with Crippen molar-refractivity contribution in [3.63, 3.8) is 0 Å². The summed E-state index contributed by atoms with van der Waals surface area (Å²) in [6.45, 7) is 5.14. The topological polar surface area (TPSA) is 55.8 Å². The van der Waals surface area contributed by atoms with Crippen molar-refractivity contribution < 1.29 is 22.3 Å². The summed E-state index contributed by atoms with van der Waals surface area (Å²) >= 11 is 1.24. The summed E-state index contributed by atoms with van der Waals surface area (Å²) in [5.41, 5.74) is -0.240. The van der Waals surface area contributed by atoms with Gasteiger partial charge in [0, 0.05) is 4.47 Å². The lowest BCUT2D eigenvalue weighted by molar-refractivity contribution is 0.0361. The molecule has 0 radical (unpaired) electrons. The zero-order valence-corrected chi connectivity index (χ0v) is 14.2. The number of rotatable bonds is 1. The van der Waals surface area contributed by atoms with Crippen LogP contribution in [0.25, 0.3) is 0 Å². The van der Waals surface area contributed by atoms with E-state index in [1.54, 1.807) is 26.8 Å². The molecule has 1 heterocycles. The van der Waals surface area contributed by atoms with Gasteiger partial charge in [-0.2, -0.15) is 4.31 Å². The SMILES string of the molecule is CC(C)(C)OC(=O)N1C(c2cc(F)cc(Br)c2)COS1=O. The molecule has 2 atom stereocenters. The first-order valence-electron chi connectivity index (χ1n) is 6.21. The number of carbonyl (C=O) groups excluding carboxylic acids is 1. The molecule has 1 aliphatic heterocycles. The molecule has 1 fully saturated rings. The summed E-state index contributed by atoms with van der Waals surface area (Å²) < 4.78 is 37.1. The molecule has 0 saturated carbocycles. The van der Waals surface area contributed by atoms with E-state index in [0.29, 0.717) is 10.0 Å². The summed E-state index contributed by atoms with van der Waals surface area (Å²) in [5.74, 6) is -0.457. The van der Waals surface area contributed by atoms with Gasteiger partial charge in [0.25, 0.3) is 11.3 Å². The third kappa shape index (κ3) is 4.02. The van der Waals surface area contributed by atoms with E-state index in [0.717, 1.165) is 4.31 Å². The Morgan fingerprint density at radius 1 is 1.48 bits per heavy atom. The quantitative estimate of drug-likeness (QED) is 0.749. The third-order valence-electron chi connectivity index (χ3n) is 2.61. The molecule has 21 heavy (non-hydrogen) atoms. The first-order chi connectivity index (χ1) is 9.67. The third-order valence-corrected chi connectivity index (χ3v) is 4.13. The highest BCUT2D eigenvalue weighted by atomic mass is 79.9. The van der Waals surface area contributed by atoms with Crippen molar-refractivity contribution in [3.05, 3.63) is 34.1 Å². The standard InChI is InChI=1S/C13H15BrFNO4S/c1-13(2,3)20-12(17)16-11(7-19-21(16)18)8-4-9(14)6-10(15)5-8/h4-6,11H,7H2,1-3H3. The van der Waals surface area contributed by atoms with E-state index in [1.807, 2.05) is 0 Å². The number of hydrogen-bond acceptors (Lipinski definition) is 4. The fraction of sp³-hybridized carbons (Fsp3) is 0.462. The van der Waals surface area contributed by atoms with Crippen LogP contribution in [0.3, 0.4) is 0 Å². The molecule has 1 saturated heterocycles. The van der Waals surface area contributed by atoms with Gasteiger partial charge in [-0.05, 0) is 44.5 Å². The molecular formula is C13H15BrFNO4S. The van der Waals surface area contributed by atoms with Crippen LogP contribution in [-0.4, -0.2) is 26.8 Å². The van der Waals surface area contributed by atoms with Crippen LogP contribution in [0.1, 0.15) is 32.4 Å². The highest BCUT2D eigenvalue weighted by Crippen LogP contribution is 2.32. The van der Waals surface area contributed by atoms with Gasteiger partial charge in [-0.15, -0.1) is 0 Å². The largest absolute Gasteiger partial charge is 0.443 e. The predicted molar refractivity (Wildman–Crippen MR) is 79.0 cm³/mol. The van der Waals surface area contributed by atoms with Gasteiger partial charge in [-0.3, -0.25) is 4.18 Å². The Morgan fingerprint density at radius 3 is 2.71 bits per heavy atom. The van der Waals surface area contributed by atoms with Crippen LogP contribution >= 0.6 is 15.9 Å². The highest BCUT2D eigenvalue weighted by Gasteiger charge is 2.40. The van der Waals surface area contributed by atoms with Crippen LogP contribution in [0.2, 0.25) is 0 Å². The summed E-state index contributed by atoms with van der Waals surface area (Å²) in [4.78, 5) is 12.2. The zero-order chi connectivity index (χ0) is 15.8. The smallest absolute Gasteiger partial charge is 0.424 e. The second-order valence-corrected chi connectivity index (χ2v) is 7.51. The van der Waals surface area contributed by atoms with E-state index < -0.39 is 34.8 Å². The molecule has 5 nitrogen and oxygen atoms in total. The van der Waals surface area contributed by atoms with Gasteiger partial charge >= 0.3 is 6.09 Å². The molecule has 116 valence electrons. The van der Waals surface area contributed by atoms with Crippen molar-refractivity contribution in [1.29, 1.82) is 0 Å². The number of halogens is 2. The lowest BCUT2D eigenvalue weighted by Gasteiger charge is -2.26. The van der Waals surface area contributed by atoms with Gasteiger partial charge in [-0.25, -0.2) is 13.4 Å². The second-order valence-electron chi connectivity index (χ2n) is 5.53. The van der Waals surface area contributed by atoms with Crippen LogP contribution in [0, 0.1) is 5.82 Å².